The van der Waals surface area contributed by atoms with Gasteiger partial charge in [0, 0.05) is 35.1 Å². The van der Waals surface area contributed by atoms with E-state index < -0.39 is 6.29 Å². The maximum absolute atomic E-state index is 12.9. The van der Waals surface area contributed by atoms with Gasteiger partial charge in [-0.2, -0.15) is 4.73 Å². The Balaban J connectivity index is 1.20. The SMILES string of the molecule is C[C@@H]1[C@H](CSc2cccc[n+]2[O-])O[C@H](c2ccc(NC(=O)c3cnc4ccccc4n3)cc2)O[C@@H]1c1ccc(CO)cc1. The number of nitrogens with one attached hydrogen (secondary N) is 1. The Bertz CT molecular complexity index is 1720. The van der Waals surface area contributed by atoms with E-state index in [0.717, 1.165) is 26.9 Å². The molecule has 1 fully saturated rings. The number of hydrogen-bond acceptors (Lipinski definition) is 8. The topological polar surface area (TPSA) is 121 Å². The number of pyridine rings is 1. The lowest BCUT2D eigenvalue weighted by molar-refractivity contribution is -0.645. The highest BCUT2D eigenvalue weighted by Gasteiger charge is 2.38. The van der Waals surface area contributed by atoms with Crippen molar-refractivity contribution in [2.75, 3.05) is 11.1 Å². The minimum Gasteiger partial charge on any atom is -0.618 e. The molecule has 4 atom stereocenters. The number of hydrogen-bond donors (Lipinski definition) is 2. The number of nitrogens with zero attached hydrogens (tertiary/aromatic N) is 3. The molecule has 1 amide bonds. The van der Waals surface area contributed by atoms with Crippen LogP contribution in [0.3, 0.4) is 0 Å². The normalized spacial score (nSPS) is 20.1. The molecule has 0 aliphatic carbocycles. The standard InChI is InChI=1S/C33H30N4O5S/c1-21-29(20-43-30-8-4-5-17-37(30)40)41-33(42-31(21)23-11-9-22(19-38)10-12-23)24-13-15-25(16-14-24)35-32(39)28-18-34-26-6-2-3-7-27(26)36-28/h2-18,21,29,31,33,38H,19-20H2,1H3,(H,35,39)/t21-,29+,31+,33+/m1/s1. The van der Waals surface area contributed by atoms with E-state index in [1.165, 1.54) is 24.2 Å². The average molecular weight is 595 g/mol. The molecule has 43 heavy (non-hydrogen) atoms. The van der Waals surface area contributed by atoms with E-state index in [2.05, 4.69) is 22.2 Å². The Morgan fingerprint density at radius 2 is 1.67 bits per heavy atom. The number of aliphatic hydroxyl groups excluding tert-OH is 1. The molecule has 1 aliphatic heterocycles. The van der Waals surface area contributed by atoms with Gasteiger partial charge in [-0.05, 0) is 41.5 Å². The Morgan fingerprint density at radius 3 is 2.42 bits per heavy atom. The number of anilines is 1. The lowest BCUT2D eigenvalue weighted by Crippen LogP contribution is -2.39. The van der Waals surface area contributed by atoms with Crippen molar-refractivity contribution in [2.24, 2.45) is 5.92 Å². The highest BCUT2D eigenvalue weighted by atomic mass is 32.2. The monoisotopic (exact) mass is 594 g/mol. The van der Waals surface area contributed by atoms with Crippen LogP contribution >= 0.6 is 11.8 Å². The summed E-state index contributed by atoms with van der Waals surface area (Å²) in [7, 11) is 0. The van der Waals surface area contributed by atoms with Gasteiger partial charge >= 0.3 is 0 Å². The highest BCUT2D eigenvalue weighted by molar-refractivity contribution is 7.99. The number of carbonyl (C=O) groups is 1. The largest absolute Gasteiger partial charge is 0.618 e. The van der Waals surface area contributed by atoms with E-state index >= 15 is 0 Å². The third-order valence-corrected chi connectivity index (χ3v) is 8.54. The van der Waals surface area contributed by atoms with Gasteiger partial charge in [0.1, 0.15) is 5.69 Å². The van der Waals surface area contributed by atoms with Gasteiger partial charge < -0.3 is 25.1 Å². The van der Waals surface area contributed by atoms with Crippen molar-refractivity contribution in [3.63, 3.8) is 0 Å². The second-order valence-electron chi connectivity index (χ2n) is 10.3. The molecule has 10 heteroatoms. The summed E-state index contributed by atoms with van der Waals surface area (Å²) in [6, 6.07) is 27.8. The Hall–Kier alpha value is -4.35. The number of ether oxygens (including phenoxy) is 2. The van der Waals surface area contributed by atoms with Crippen LogP contribution in [-0.2, 0) is 16.1 Å². The summed E-state index contributed by atoms with van der Waals surface area (Å²) in [6.45, 7) is 2.05. The lowest BCUT2D eigenvalue weighted by atomic mass is 9.91. The quantitative estimate of drug-likeness (QED) is 0.136. The first kappa shape index (κ1) is 28.8. The fourth-order valence-corrected chi connectivity index (χ4v) is 6.07. The Kier molecular flexibility index (Phi) is 8.62. The Morgan fingerprint density at radius 1 is 0.953 bits per heavy atom. The summed E-state index contributed by atoms with van der Waals surface area (Å²) < 4.78 is 13.8. The van der Waals surface area contributed by atoms with Crippen LogP contribution in [0, 0.1) is 11.1 Å². The molecule has 2 N–H and O–H groups in total. The number of rotatable bonds is 8. The predicted molar refractivity (Wildman–Crippen MR) is 163 cm³/mol. The number of thioether (sulfide) groups is 1. The van der Waals surface area contributed by atoms with Crippen molar-refractivity contribution in [1.82, 2.24) is 9.97 Å². The van der Waals surface area contributed by atoms with Gasteiger partial charge in [0.2, 0.25) is 0 Å². The van der Waals surface area contributed by atoms with E-state index in [1.54, 1.807) is 24.3 Å². The van der Waals surface area contributed by atoms with E-state index in [-0.39, 0.29) is 36.3 Å². The number of para-hydroxylation sites is 2. The molecule has 9 nitrogen and oxygen atoms in total. The summed E-state index contributed by atoms with van der Waals surface area (Å²) >= 11 is 1.44. The molecule has 3 aromatic carbocycles. The van der Waals surface area contributed by atoms with Crippen LogP contribution in [0.25, 0.3) is 11.0 Å². The van der Waals surface area contributed by atoms with E-state index in [1.807, 2.05) is 66.7 Å². The smallest absolute Gasteiger partial charge is 0.275 e. The summed E-state index contributed by atoms with van der Waals surface area (Å²) in [5.74, 6) is 0.179. The number of carbonyl (C=O) groups excluding carboxylic acids is 1. The Labute approximate surface area is 253 Å². The second kappa shape index (κ2) is 12.9. The summed E-state index contributed by atoms with van der Waals surface area (Å²) in [4.78, 5) is 21.6. The number of aliphatic hydroxyl groups is 1. The van der Waals surface area contributed by atoms with Crippen molar-refractivity contribution < 1.29 is 24.1 Å². The van der Waals surface area contributed by atoms with Crippen LogP contribution < -0.4 is 10.0 Å². The zero-order valence-corrected chi connectivity index (χ0v) is 24.2. The molecule has 6 rings (SSSR count). The van der Waals surface area contributed by atoms with Crippen LogP contribution in [0.15, 0.2) is 108 Å². The van der Waals surface area contributed by atoms with Crippen LogP contribution in [0.5, 0.6) is 0 Å². The summed E-state index contributed by atoms with van der Waals surface area (Å²) in [6.07, 6.45) is 1.77. The van der Waals surface area contributed by atoms with Crippen LogP contribution in [0.1, 0.15) is 46.5 Å². The molecular formula is C33H30N4O5S. The zero-order valence-electron chi connectivity index (χ0n) is 23.4. The molecular weight excluding hydrogens is 564 g/mol. The van der Waals surface area contributed by atoms with E-state index in [9.17, 15) is 15.1 Å². The van der Waals surface area contributed by atoms with Gasteiger partial charge in [0.15, 0.2) is 12.5 Å². The summed E-state index contributed by atoms with van der Waals surface area (Å²) in [5, 5.41) is 25.2. The molecule has 2 aromatic heterocycles. The molecule has 5 aromatic rings. The fourth-order valence-electron chi connectivity index (χ4n) is 4.99. The third kappa shape index (κ3) is 6.52. The van der Waals surface area contributed by atoms with Gasteiger partial charge in [-0.1, -0.05) is 67.2 Å². The van der Waals surface area contributed by atoms with Gasteiger partial charge in [-0.3, -0.25) is 9.78 Å². The highest BCUT2D eigenvalue weighted by Crippen LogP contribution is 2.43. The van der Waals surface area contributed by atoms with Crippen molar-refractivity contribution >= 4 is 34.4 Å². The summed E-state index contributed by atoms with van der Waals surface area (Å²) in [5.41, 5.74) is 4.79. The zero-order chi connectivity index (χ0) is 29.8. The average Bonchev–Trinajstić information content (AvgIpc) is 3.05. The first-order valence-corrected chi connectivity index (χ1v) is 14.9. The van der Waals surface area contributed by atoms with Crippen molar-refractivity contribution in [3.05, 3.63) is 131 Å². The predicted octanol–water partition coefficient (Wildman–Crippen LogP) is 5.59. The molecule has 0 bridgehead atoms. The minimum absolute atomic E-state index is 0.0193. The number of fused-ring (bicyclic) bond motifs is 1. The van der Waals surface area contributed by atoms with Crippen LogP contribution in [0.4, 0.5) is 5.69 Å². The number of aromatic nitrogens is 3. The lowest BCUT2D eigenvalue weighted by Gasteiger charge is -2.41. The van der Waals surface area contributed by atoms with E-state index in [0.29, 0.717) is 22.0 Å². The molecule has 0 radical (unpaired) electrons. The first-order valence-electron chi connectivity index (χ1n) is 13.9. The van der Waals surface area contributed by atoms with E-state index in [4.69, 9.17) is 9.47 Å². The van der Waals surface area contributed by atoms with Crippen molar-refractivity contribution in [1.29, 1.82) is 0 Å². The molecule has 1 aliphatic rings. The molecule has 1 saturated heterocycles. The first-order chi connectivity index (χ1) is 21.0. The molecule has 0 spiro atoms. The van der Waals surface area contributed by atoms with Gasteiger partial charge in [0.25, 0.3) is 10.9 Å². The fraction of sp³-hybridized carbons (Fsp3) is 0.212. The number of amides is 1. The third-order valence-electron chi connectivity index (χ3n) is 7.43. The van der Waals surface area contributed by atoms with Gasteiger partial charge in [0.05, 0.1) is 36.0 Å². The minimum atomic E-state index is -0.671. The van der Waals surface area contributed by atoms with Crippen molar-refractivity contribution in [2.45, 2.75) is 37.1 Å². The van der Waals surface area contributed by atoms with Crippen LogP contribution in [-0.4, -0.2) is 32.8 Å². The van der Waals surface area contributed by atoms with Crippen molar-refractivity contribution in [3.8, 4) is 0 Å². The molecule has 218 valence electrons. The number of benzene rings is 3. The molecule has 3 heterocycles. The molecule has 0 saturated carbocycles. The van der Waals surface area contributed by atoms with Gasteiger partial charge in [-0.25, -0.2) is 4.98 Å². The second-order valence-corrected chi connectivity index (χ2v) is 11.4. The maximum atomic E-state index is 12.9. The van der Waals surface area contributed by atoms with Crippen LogP contribution in [0.2, 0.25) is 0 Å². The maximum Gasteiger partial charge on any atom is 0.275 e. The molecule has 0 unspecified atom stereocenters. The van der Waals surface area contributed by atoms with Gasteiger partial charge in [-0.15, -0.1) is 0 Å².